The van der Waals surface area contributed by atoms with Crippen molar-refractivity contribution in [2.75, 3.05) is 38.7 Å². The number of likely N-dealkylation sites (N-methyl/N-ethyl adjacent to an activating group) is 1. The van der Waals surface area contributed by atoms with Crippen molar-refractivity contribution in [3.8, 4) is 0 Å². The molecule has 0 radical (unpaired) electrons. The molecule has 0 saturated heterocycles. The molecule has 18 heavy (non-hydrogen) atoms. The van der Waals surface area contributed by atoms with E-state index in [2.05, 4.69) is 34.2 Å². The lowest BCUT2D eigenvalue weighted by Crippen LogP contribution is -2.23. The first-order valence-electron chi connectivity index (χ1n) is 6.57. The molecule has 0 saturated carbocycles. The van der Waals surface area contributed by atoms with Crippen molar-refractivity contribution < 1.29 is 4.74 Å². The summed E-state index contributed by atoms with van der Waals surface area (Å²) >= 11 is 0. The van der Waals surface area contributed by atoms with Crippen molar-refractivity contribution in [1.82, 2.24) is 14.9 Å². The van der Waals surface area contributed by atoms with Gasteiger partial charge in [-0.05, 0) is 20.4 Å². The molecule has 0 aromatic carbocycles. The molecule has 0 aliphatic carbocycles. The van der Waals surface area contributed by atoms with Crippen molar-refractivity contribution >= 4 is 5.82 Å². The molecule has 0 amide bonds. The number of hydrogen-bond acceptors (Lipinski definition) is 5. The van der Waals surface area contributed by atoms with Crippen LogP contribution in [0.2, 0.25) is 0 Å². The lowest BCUT2D eigenvalue weighted by molar-refractivity contribution is 0.120. The number of nitrogens with one attached hydrogen (secondary N) is 1. The molecular formula is C13H24N4O. The Kier molecular flexibility index (Phi) is 7.29. The Morgan fingerprint density at radius 1 is 1.28 bits per heavy atom. The van der Waals surface area contributed by atoms with E-state index in [-0.39, 0.29) is 0 Å². The van der Waals surface area contributed by atoms with Crippen LogP contribution in [-0.2, 0) is 11.3 Å². The second kappa shape index (κ2) is 8.83. The third-order valence-electron chi connectivity index (χ3n) is 2.51. The van der Waals surface area contributed by atoms with Gasteiger partial charge in [0, 0.05) is 26.2 Å². The fourth-order valence-electron chi connectivity index (χ4n) is 1.50. The van der Waals surface area contributed by atoms with Crippen molar-refractivity contribution in [3.05, 3.63) is 18.1 Å². The average molecular weight is 252 g/mol. The normalized spacial score (nSPS) is 10.9. The molecule has 0 unspecified atom stereocenters. The maximum absolute atomic E-state index is 5.32. The zero-order valence-corrected chi connectivity index (χ0v) is 11.6. The van der Waals surface area contributed by atoms with E-state index in [1.54, 1.807) is 6.20 Å². The summed E-state index contributed by atoms with van der Waals surface area (Å²) in [4.78, 5) is 10.9. The first-order valence-corrected chi connectivity index (χ1v) is 6.57. The van der Waals surface area contributed by atoms with Gasteiger partial charge in [0.2, 0.25) is 0 Å². The van der Waals surface area contributed by atoms with Crippen LogP contribution in [0, 0.1) is 0 Å². The average Bonchev–Trinajstić information content (AvgIpc) is 2.38. The van der Waals surface area contributed by atoms with Gasteiger partial charge in [-0.1, -0.05) is 6.92 Å². The molecule has 1 aromatic heterocycles. The number of rotatable bonds is 9. The maximum Gasteiger partial charge on any atom is 0.144 e. The van der Waals surface area contributed by atoms with Crippen molar-refractivity contribution in [2.24, 2.45) is 0 Å². The highest BCUT2D eigenvalue weighted by Gasteiger charge is 2.02. The van der Waals surface area contributed by atoms with Crippen LogP contribution in [-0.4, -0.2) is 48.2 Å². The highest BCUT2D eigenvalue weighted by Crippen LogP contribution is 2.03. The van der Waals surface area contributed by atoms with Crippen LogP contribution in [0.1, 0.15) is 26.0 Å². The van der Waals surface area contributed by atoms with Gasteiger partial charge in [0.05, 0.1) is 24.7 Å². The van der Waals surface area contributed by atoms with Crippen LogP contribution in [0.15, 0.2) is 12.4 Å². The quantitative estimate of drug-likeness (QED) is 0.679. The van der Waals surface area contributed by atoms with Crippen LogP contribution < -0.4 is 5.32 Å². The molecule has 1 heterocycles. The second-order valence-corrected chi connectivity index (χ2v) is 4.25. The molecule has 1 aromatic rings. The number of nitrogens with zero attached hydrogens (tertiary/aromatic N) is 3. The zero-order chi connectivity index (χ0) is 13.2. The third-order valence-corrected chi connectivity index (χ3v) is 2.51. The highest BCUT2D eigenvalue weighted by atomic mass is 16.5. The van der Waals surface area contributed by atoms with Gasteiger partial charge in [-0.3, -0.25) is 9.88 Å². The first kappa shape index (κ1) is 14.9. The smallest absolute Gasteiger partial charge is 0.144 e. The van der Waals surface area contributed by atoms with Gasteiger partial charge in [-0.15, -0.1) is 0 Å². The molecule has 1 N–H and O–H groups in total. The topological polar surface area (TPSA) is 50.3 Å². The van der Waals surface area contributed by atoms with Gasteiger partial charge in [0.15, 0.2) is 0 Å². The second-order valence-electron chi connectivity index (χ2n) is 4.25. The Morgan fingerprint density at radius 2 is 2.11 bits per heavy atom. The van der Waals surface area contributed by atoms with E-state index in [1.165, 1.54) is 0 Å². The molecule has 5 nitrogen and oxygen atoms in total. The molecule has 102 valence electrons. The standard InChI is InChI=1S/C13H24N4O/c1-4-6-14-13-10-15-12(9-16-13)11-17(3)7-8-18-5-2/h9-10H,4-8,11H2,1-3H3,(H,14,16). The van der Waals surface area contributed by atoms with Gasteiger partial charge in [0.1, 0.15) is 5.82 Å². The van der Waals surface area contributed by atoms with E-state index in [0.717, 1.165) is 50.8 Å². The molecule has 0 atom stereocenters. The van der Waals surface area contributed by atoms with Crippen LogP contribution in [0.3, 0.4) is 0 Å². The van der Waals surface area contributed by atoms with E-state index >= 15 is 0 Å². The Bertz CT molecular complexity index is 315. The van der Waals surface area contributed by atoms with Crippen molar-refractivity contribution in [2.45, 2.75) is 26.8 Å². The third kappa shape index (κ3) is 5.93. The summed E-state index contributed by atoms with van der Waals surface area (Å²) in [7, 11) is 2.06. The lowest BCUT2D eigenvalue weighted by Gasteiger charge is -2.15. The van der Waals surface area contributed by atoms with Crippen LogP contribution in [0.4, 0.5) is 5.82 Å². The summed E-state index contributed by atoms with van der Waals surface area (Å²) in [5.74, 6) is 0.845. The summed E-state index contributed by atoms with van der Waals surface area (Å²) < 4.78 is 5.32. The predicted octanol–water partition coefficient (Wildman–Crippen LogP) is 1.77. The first-order chi connectivity index (χ1) is 8.76. The van der Waals surface area contributed by atoms with Crippen molar-refractivity contribution in [1.29, 1.82) is 0 Å². The van der Waals surface area contributed by atoms with Gasteiger partial charge < -0.3 is 10.1 Å². The summed E-state index contributed by atoms with van der Waals surface area (Å²) in [6.45, 7) is 8.30. The number of hydrogen-bond donors (Lipinski definition) is 1. The molecule has 0 aliphatic heterocycles. The molecular weight excluding hydrogens is 228 g/mol. The van der Waals surface area contributed by atoms with Crippen LogP contribution in [0.5, 0.6) is 0 Å². The van der Waals surface area contributed by atoms with Gasteiger partial charge in [0.25, 0.3) is 0 Å². The zero-order valence-electron chi connectivity index (χ0n) is 11.6. The summed E-state index contributed by atoms with van der Waals surface area (Å²) in [6.07, 6.45) is 4.71. The summed E-state index contributed by atoms with van der Waals surface area (Å²) in [5, 5.41) is 3.21. The number of anilines is 1. The fourth-order valence-corrected chi connectivity index (χ4v) is 1.50. The van der Waals surface area contributed by atoms with E-state index < -0.39 is 0 Å². The van der Waals surface area contributed by atoms with Gasteiger partial charge in [-0.25, -0.2) is 4.98 Å². The van der Waals surface area contributed by atoms with E-state index in [0.29, 0.717) is 0 Å². The number of aromatic nitrogens is 2. The Hall–Kier alpha value is -1.20. The predicted molar refractivity (Wildman–Crippen MR) is 73.6 cm³/mol. The highest BCUT2D eigenvalue weighted by molar-refractivity contribution is 5.30. The summed E-state index contributed by atoms with van der Waals surface area (Å²) in [5.41, 5.74) is 0.982. The minimum atomic E-state index is 0.760. The SMILES string of the molecule is CCCNc1cnc(CN(C)CCOCC)cn1. The molecule has 0 fully saturated rings. The lowest BCUT2D eigenvalue weighted by atomic mass is 10.4. The minimum Gasteiger partial charge on any atom is -0.380 e. The van der Waals surface area contributed by atoms with E-state index in [4.69, 9.17) is 4.74 Å². The van der Waals surface area contributed by atoms with Crippen LogP contribution >= 0.6 is 0 Å². The van der Waals surface area contributed by atoms with Gasteiger partial charge in [-0.2, -0.15) is 0 Å². The monoisotopic (exact) mass is 252 g/mol. The molecule has 5 heteroatoms. The Balaban J connectivity index is 2.33. The number of ether oxygens (including phenoxy) is 1. The minimum absolute atomic E-state index is 0.760. The molecule has 0 bridgehead atoms. The van der Waals surface area contributed by atoms with Crippen molar-refractivity contribution in [3.63, 3.8) is 0 Å². The van der Waals surface area contributed by atoms with E-state index in [1.807, 2.05) is 13.1 Å². The molecule has 1 rings (SSSR count). The Morgan fingerprint density at radius 3 is 2.72 bits per heavy atom. The van der Waals surface area contributed by atoms with Gasteiger partial charge >= 0.3 is 0 Å². The molecule has 0 aliphatic rings. The largest absolute Gasteiger partial charge is 0.380 e. The van der Waals surface area contributed by atoms with Crippen LogP contribution in [0.25, 0.3) is 0 Å². The van der Waals surface area contributed by atoms with E-state index in [9.17, 15) is 0 Å². The summed E-state index contributed by atoms with van der Waals surface area (Å²) in [6, 6.07) is 0. The molecule has 0 spiro atoms. The maximum atomic E-state index is 5.32. The Labute approximate surface area is 110 Å². The fraction of sp³-hybridized carbons (Fsp3) is 0.692.